The molecule has 0 unspecified atom stereocenters. The van der Waals surface area contributed by atoms with E-state index in [9.17, 15) is 4.79 Å². The fourth-order valence-corrected chi connectivity index (χ4v) is 3.93. The van der Waals surface area contributed by atoms with Crippen molar-refractivity contribution in [2.45, 2.75) is 12.5 Å². The van der Waals surface area contributed by atoms with E-state index < -0.39 is 0 Å². The molecule has 6 heteroatoms. The van der Waals surface area contributed by atoms with Crippen molar-refractivity contribution >= 4 is 16.8 Å². The van der Waals surface area contributed by atoms with Gasteiger partial charge in [-0.2, -0.15) is 0 Å². The Labute approximate surface area is 183 Å². The van der Waals surface area contributed by atoms with Crippen LogP contribution in [0.4, 0.5) is 0 Å². The van der Waals surface area contributed by atoms with Gasteiger partial charge in [-0.15, -0.1) is 0 Å². The lowest BCUT2D eigenvalue weighted by atomic mass is 10.0. The molecule has 4 rings (SSSR count). The van der Waals surface area contributed by atoms with Crippen LogP contribution in [0.5, 0.6) is 0 Å². The quantitative estimate of drug-likeness (QED) is 0.568. The Balaban J connectivity index is 1.51. The summed E-state index contributed by atoms with van der Waals surface area (Å²) < 4.78 is 11.1. The van der Waals surface area contributed by atoms with E-state index in [0.29, 0.717) is 25.3 Å². The fraction of sp³-hybridized carbons (Fsp3) is 0.360. The SMILES string of the molecule is COCCNC(=O)c1cc([C@@H]2CN(CCc3ccccc3)CCO2)nc2ccccc12. The number of rotatable bonds is 8. The number of nitrogens with one attached hydrogen (secondary N) is 1. The van der Waals surface area contributed by atoms with Gasteiger partial charge < -0.3 is 14.8 Å². The molecule has 1 atom stereocenters. The summed E-state index contributed by atoms with van der Waals surface area (Å²) in [5, 5.41) is 3.77. The molecular formula is C25H29N3O3. The molecule has 1 saturated heterocycles. The predicted molar refractivity (Wildman–Crippen MR) is 121 cm³/mol. The molecule has 0 bridgehead atoms. The molecule has 1 aliphatic rings. The van der Waals surface area contributed by atoms with Crippen molar-refractivity contribution in [3.05, 3.63) is 77.5 Å². The van der Waals surface area contributed by atoms with Crippen molar-refractivity contribution in [2.24, 2.45) is 0 Å². The van der Waals surface area contributed by atoms with Crippen LogP contribution in [0.3, 0.4) is 0 Å². The summed E-state index contributed by atoms with van der Waals surface area (Å²) in [5.41, 5.74) is 3.58. The summed E-state index contributed by atoms with van der Waals surface area (Å²) in [4.78, 5) is 20.1. The largest absolute Gasteiger partial charge is 0.383 e. The number of nitrogens with zero attached hydrogens (tertiary/aromatic N) is 2. The van der Waals surface area contributed by atoms with E-state index in [1.165, 1.54) is 5.56 Å². The van der Waals surface area contributed by atoms with Crippen molar-refractivity contribution < 1.29 is 14.3 Å². The van der Waals surface area contributed by atoms with Gasteiger partial charge in [0.25, 0.3) is 5.91 Å². The van der Waals surface area contributed by atoms with Gasteiger partial charge in [-0.3, -0.25) is 9.69 Å². The Morgan fingerprint density at radius 2 is 2.00 bits per heavy atom. The third-order valence-electron chi connectivity index (χ3n) is 5.61. The van der Waals surface area contributed by atoms with Gasteiger partial charge in [-0.25, -0.2) is 4.98 Å². The van der Waals surface area contributed by atoms with Crippen molar-refractivity contribution in [3.8, 4) is 0 Å². The number of ether oxygens (including phenoxy) is 2. The highest BCUT2D eigenvalue weighted by atomic mass is 16.5. The molecule has 1 aromatic heterocycles. The monoisotopic (exact) mass is 419 g/mol. The van der Waals surface area contributed by atoms with Crippen LogP contribution in [0, 0.1) is 0 Å². The molecule has 2 aromatic carbocycles. The van der Waals surface area contributed by atoms with Gasteiger partial charge in [-0.05, 0) is 24.1 Å². The van der Waals surface area contributed by atoms with Crippen LogP contribution in [0.1, 0.15) is 27.7 Å². The highest BCUT2D eigenvalue weighted by molar-refractivity contribution is 6.06. The second-order valence-electron chi connectivity index (χ2n) is 7.76. The third kappa shape index (κ3) is 5.47. The van der Waals surface area contributed by atoms with E-state index in [4.69, 9.17) is 14.5 Å². The van der Waals surface area contributed by atoms with Crippen LogP contribution in [0.15, 0.2) is 60.7 Å². The van der Waals surface area contributed by atoms with E-state index in [2.05, 4.69) is 34.5 Å². The minimum atomic E-state index is -0.153. The van der Waals surface area contributed by atoms with Gasteiger partial charge in [0.2, 0.25) is 0 Å². The van der Waals surface area contributed by atoms with Crippen LogP contribution in [-0.4, -0.2) is 62.3 Å². The molecule has 31 heavy (non-hydrogen) atoms. The standard InChI is InChI=1S/C25H29N3O3/c1-30-15-12-26-25(29)21-17-23(27-22-10-6-5-9-20(21)22)24-18-28(14-16-31-24)13-11-19-7-3-2-4-8-19/h2-10,17,24H,11-16,18H2,1H3,(H,26,29)/t24-/m0/s1. The maximum Gasteiger partial charge on any atom is 0.252 e. The Hall–Kier alpha value is -2.80. The van der Waals surface area contributed by atoms with Crippen molar-refractivity contribution in [1.29, 1.82) is 0 Å². The number of hydrogen-bond donors (Lipinski definition) is 1. The first kappa shape index (κ1) is 21.4. The molecule has 0 saturated carbocycles. The summed E-state index contributed by atoms with van der Waals surface area (Å²) >= 11 is 0. The van der Waals surface area contributed by atoms with E-state index in [1.807, 2.05) is 36.4 Å². The molecule has 0 radical (unpaired) electrons. The zero-order chi connectivity index (χ0) is 21.5. The van der Waals surface area contributed by atoms with Gasteiger partial charge in [0.05, 0.1) is 30.0 Å². The third-order valence-corrected chi connectivity index (χ3v) is 5.61. The van der Waals surface area contributed by atoms with E-state index >= 15 is 0 Å². The Kier molecular flexibility index (Phi) is 7.25. The molecule has 6 nitrogen and oxygen atoms in total. The van der Waals surface area contributed by atoms with Gasteiger partial charge in [-0.1, -0.05) is 48.5 Å². The zero-order valence-corrected chi connectivity index (χ0v) is 17.9. The van der Waals surface area contributed by atoms with E-state index in [-0.39, 0.29) is 12.0 Å². The van der Waals surface area contributed by atoms with Crippen LogP contribution in [0.2, 0.25) is 0 Å². The highest BCUT2D eigenvalue weighted by Crippen LogP contribution is 2.26. The number of carbonyl (C=O) groups is 1. The molecule has 0 spiro atoms. The van der Waals surface area contributed by atoms with Crippen LogP contribution in [0.25, 0.3) is 10.9 Å². The Bertz CT molecular complexity index is 1010. The van der Waals surface area contributed by atoms with Crippen molar-refractivity contribution in [2.75, 3.05) is 46.5 Å². The summed E-state index contributed by atoms with van der Waals surface area (Å²) in [7, 11) is 1.62. The topological polar surface area (TPSA) is 63.7 Å². The number of hydrogen-bond acceptors (Lipinski definition) is 5. The lowest BCUT2D eigenvalue weighted by molar-refractivity contribution is -0.0315. The number of pyridine rings is 1. The maximum atomic E-state index is 12.8. The van der Waals surface area contributed by atoms with E-state index in [1.54, 1.807) is 7.11 Å². The number of para-hydroxylation sites is 1. The van der Waals surface area contributed by atoms with Gasteiger partial charge >= 0.3 is 0 Å². The molecule has 162 valence electrons. The number of carbonyl (C=O) groups excluding carboxylic acids is 1. The van der Waals surface area contributed by atoms with E-state index in [0.717, 1.165) is 42.7 Å². The van der Waals surface area contributed by atoms with Gasteiger partial charge in [0.15, 0.2) is 0 Å². The summed E-state index contributed by atoms with van der Waals surface area (Å²) in [5.74, 6) is -0.117. The molecule has 0 aliphatic carbocycles. The summed E-state index contributed by atoms with van der Waals surface area (Å²) in [6.45, 7) is 4.24. The smallest absolute Gasteiger partial charge is 0.252 e. The van der Waals surface area contributed by atoms with Crippen LogP contribution in [-0.2, 0) is 15.9 Å². The molecule has 1 N–H and O–H groups in total. The Morgan fingerprint density at radius 3 is 2.84 bits per heavy atom. The highest BCUT2D eigenvalue weighted by Gasteiger charge is 2.25. The predicted octanol–water partition coefficient (Wildman–Crippen LogP) is 3.23. The summed E-state index contributed by atoms with van der Waals surface area (Å²) in [6.07, 6.45) is 0.853. The van der Waals surface area contributed by atoms with Gasteiger partial charge in [0.1, 0.15) is 6.10 Å². The lowest BCUT2D eigenvalue weighted by Crippen LogP contribution is -2.39. The molecule has 3 aromatic rings. The van der Waals surface area contributed by atoms with Crippen molar-refractivity contribution in [1.82, 2.24) is 15.2 Å². The molecular weight excluding hydrogens is 390 g/mol. The molecule has 1 amide bonds. The normalized spacial score (nSPS) is 17.0. The van der Waals surface area contributed by atoms with Crippen LogP contribution >= 0.6 is 0 Å². The lowest BCUT2D eigenvalue weighted by Gasteiger charge is -2.33. The first-order valence-electron chi connectivity index (χ1n) is 10.8. The number of benzene rings is 2. The Morgan fingerprint density at radius 1 is 1.19 bits per heavy atom. The summed E-state index contributed by atoms with van der Waals surface area (Å²) in [6, 6.07) is 20.2. The second kappa shape index (κ2) is 10.5. The minimum absolute atomic E-state index is 0.117. The second-order valence-corrected chi connectivity index (χ2v) is 7.76. The van der Waals surface area contributed by atoms with Crippen molar-refractivity contribution in [3.63, 3.8) is 0 Å². The minimum Gasteiger partial charge on any atom is -0.383 e. The molecule has 2 heterocycles. The molecule has 1 aliphatic heterocycles. The number of methoxy groups -OCH3 is 1. The number of amides is 1. The first-order chi connectivity index (χ1) is 15.2. The maximum absolute atomic E-state index is 12.8. The average Bonchev–Trinajstić information content (AvgIpc) is 2.83. The van der Waals surface area contributed by atoms with Crippen LogP contribution < -0.4 is 5.32 Å². The number of morpholine rings is 1. The number of fused-ring (bicyclic) bond motifs is 1. The average molecular weight is 420 g/mol. The fourth-order valence-electron chi connectivity index (χ4n) is 3.93. The molecule has 1 fully saturated rings. The first-order valence-corrected chi connectivity index (χ1v) is 10.8. The van der Waals surface area contributed by atoms with Gasteiger partial charge in [0, 0.05) is 38.7 Å². The zero-order valence-electron chi connectivity index (χ0n) is 17.9. The number of aromatic nitrogens is 1.